The molecule has 2 amide bonds. The summed E-state index contributed by atoms with van der Waals surface area (Å²) in [5.41, 5.74) is 2.29. The van der Waals surface area contributed by atoms with E-state index < -0.39 is 11.7 Å². The third kappa shape index (κ3) is 5.42. The van der Waals surface area contributed by atoms with E-state index in [4.69, 9.17) is 0 Å². The van der Waals surface area contributed by atoms with Gasteiger partial charge in [0.1, 0.15) is 0 Å². The van der Waals surface area contributed by atoms with E-state index in [2.05, 4.69) is 5.32 Å². The minimum absolute atomic E-state index is 0.0934. The lowest BCUT2D eigenvalue weighted by Crippen LogP contribution is -2.41. The van der Waals surface area contributed by atoms with Gasteiger partial charge in [-0.2, -0.15) is 13.2 Å². The second-order valence-corrected chi connectivity index (χ2v) is 8.07. The number of benzene rings is 3. The maximum Gasteiger partial charge on any atom is 0.416 e. The Morgan fingerprint density at radius 2 is 1.36 bits per heavy atom. The van der Waals surface area contributed by atoms with Gasteiger partial charge in [0, 0.05) is 30.3 Å². The minimum Gasteiger partial charge on any atom is -0.339 e. The Balaban J connectivity index is 1.30. The smallest absolute Gasteiger partial charge is 0.339 e. The standard InChI is InChI=1S/C26H23F3N2O2/c27-26(28,29)22-10-6-21(7-11-22)25(33)31-16-14-20(15-17-31)24(32)30-23-12-8-19(9-13-23)18-4-2-1-3-5-18/h1-13,20H,14-17H2,(H,30,32). The average molecular weight is 452 g/mol. The van der Waals surface area contributed by atoms with Crippen LogP contribution < -0.4 is 5.32 Å². The average Bonchev–Trinajstić information content (AvgIpc) is 2.84. The lowest BCUT2D eigenvalue weighted by molar-refractivity contribution is -0.137. The van der Waals surface area contributed by atoms with Crippen LogP contribution in [0.5, 0.6) is 0 Å². The number of likely N-dealkylation sites (tertiary alicyclic amines) is 1. The van der Waals surface area contributed by atoms with Crippen molar-refractivity contribution in [3.05, 3.63) is 90.0 Å². The molecule has 0 spiro atoms. The van der Waals surface area contributed by atoms with Gasteiger partial charge in [-0.1, -0.05) is 42.5 Å². The highest BCUT2D eigenvalue weighted by Crippen LogP contribution is 2.29. The molecule has 1 N–H and O–H groups in total. The van der Waals surface area contributed by atoms with Crippen LogP contribution in [0.15, 0.2) is 78.9 Å². The molecule has 0 saturated carbocycles. The lowest BCUT2D eigenvalue weighted by atomic mass is 9.95. The highest BCUT2D eigenvalue weighted by molar-refractivity contribution is 5.95. The van der Waals surface area contributed by atoms with E-state index in [1.807, 2.05) is 54.6 Å². The number of carbonyl (C=O) groups is 2. The summed E-state index contributed by atoms with van der Waals surface area (Å²) in [6, 6.07) is 21.8. The van der Waals surface area contributed by atoms with E-state index in [1.54, 1.807) is 4.90 Å². The van der Waals surface area contributed by atoms with Crippen LogP contribution in [0.25, 0.3) is 11.1 Å². The Morgan fingerprint density at radius 1 is 0.788 bits per heavy atom. The number of hydrogen-bond donors (Lipinski definition) is 1. The van der Waals surface area contributed by atoms with Crippen molar-refractivity contribution in [1.82, 2.24) is 4.90 Å². The Morgan fingerprint density at radius 3 is 1.94 bits per heavy atom. The van der Waals surface area contributed by atoms with Gasteiger partial charge in [0.15, 0.2) is 0 Å². The van der Waals surface area contributed by atoms with Gasteiger partial charge in [0.05, 0.1) is 5.56 Å². The number of amides is 2. The molecule has 0 unspecified atom stereocenters. The molecular weight excluding hydrogens is 429 g/mol. The first-order valence-corrected chi connectivity index (χ1v) is 10.7. The molecule has 4 nitrogen and oxygen atoms in total. The fourth-order valence-corrected chi connectivity index (χ4v) is 3.95. The first-order valence-electron chi connectivity index (χ1n) is 10.7. The van der Waals surface area contributed by atoms with E-state index in [-0.39, 0.29) is 23.3 Å². The van der Waals surface area contributed by atoms with Crippen LogP contribution in [-0.2, 0) is 11.0 Å². The molecule has 1 fully saturated rings. The van der Waals surface area contributed by atoms with Crippen molar-refractivity contribution >= 4 is 17.5 Å². The molecule has 3 aromatic carbocycles. The number of carbonyl (C=O) groups excluding carboxylic acids is 2. The molecule has 7 heteroatoms. The zero-order chi connectivity index (χ0) is 23.4. The van der Waals surface area contributed by atoms with E-state index >= 15 is 0 Å². The van der Waals surface area contributed by atoms with Crippen molar-refractivity contribution in [2.45, 2.75) is 19.0 Å². The molecule has 170 valence electrons. The zero-order valence-electron chi connectivity index (χ0n) is 17.8. The minimum atomic E-state index is -4.44. The Bertz CT molecular complexity index is 1100. The second-order valence-electron chi connectivity index (χ2n) is 8.07. The van der Waals surface area contributed by atoms with Crippen LogP contribution in [0.1, 0.15) is 28.8 Å². The third-order valence-electron chi connectivity index (χ3n) is 5.87. The molecule has 1 heterocycles. The molecule has 33 heavy (non-hydrogen) atoms. The molecule has 0 atom stereocenters. The maximum absolute atomic E-state index is 12.7. The Hall–Kier alpha value is -3.61. The Kier molecular flexibility index (Phi) is 6.49. The first kappa shape index (κ1) is 22.6. The predicted molar refractivity (Wildman–Crippen MR) is 121 cm³/mol. The fourth-order valence-electron chi connectivity index (χ4n) is 3.95. The number of anilines is 1. The third-order valence-corrected chi connectivity index (χ3v) is 5.87. The molecule has 0 bridgehead atoms. The van der Waals surface area contributed by atoms with Crippen LogP contribution in [-0.4, -0.2) is 29.8 Å². The normalized spacial score (nSPS) is 14.7. The van der Waals surface area contributed by atoms with E-state index in [9.17, 15) is 22.8 Å². The van der Waals surface area contributed by atoms with Crippen molar-refractivity contribution in [3.63, 3.8) is 0 Å². The number of rotatable bonds is 4. The quantitative estimate of drug-likeness (QED) is 0.539. The summed E-state index contributed by atoms with van der Waals surface area (Å²) in [7, 11) is 0. The van der Waals surface area contributed by atoms with Crippen LogP contribution in [0.2, 0.25) is 0 Å². The highest BCUT2D eigenvalue weighted by atomic mass is 19.4. The van der Waals surface area contributed by atoms with Gasteiger partial charge in [-0.25, -0.2) is 0 Å². The number of piperidine rings is 1. The highest BCUT2D eigenvalue weighted by Gasteiger charge is 2.31. The molecule has 0 aliphatic carbocycles. The molecule has 3 aromatic rings. The number of halogens is 3. The van der Waals surface area contributed by atoms with Gasteiger partial charge >= 0.3 is 6.18 Å². The summed E-state index contributed by atoms with van der Waals surface area (Å²) in [5, 5.41) is 2.94. The number of alkyl halides is 3. The largest absolute Gasteiger partial charge is 0.416 e. The summed E-state index contributed by atoms with van der Waals surface area (Å²) < 4.78 is 38.1. The van der Waals surface area contributed by atoms with Gasteiger partial charge in [-0.3, -0.25) is 9.59 Å². The van der Waals surface area contributed by atoms with Crippen LogP contribution in [0, 0.1) is 5.92 Å². The summed E-state index contributed by atoms with van der Waals surface area (Å²) >= 11 is 0. The van der Waals surface area contributed by atoms with Gasteiger partial charge in [0.2, 0.25) is 5.91 Å². The Labute approximate surface area is 190 Å². The lowest BCUT2D eigenvalue weighted by Gasteiger charge is -2.31. The molecule has 1 aliphatic heterocycles. The van der Waals surface area contributed by atoms with E-state index in [0.29, 0.717) is 31.6 Å². The summed E-state index contributed by atoms with van der Waals surface area (Å²) in [4.78, 5) is 26.9. The maximum atomic E-state index is 12.7. The van der Waals surface area contributed by atoms with E-state index in [0.717, 1.165) is 23.3 Å². The molecule has 0 radical (unpaired) electrons. The van der Waals surface area contributed by atoms with Crippen molar-refractivity contribution in [2.24, 2.45) is 5.92 Å². The van der Waals surface area contributed by atoms with Gasteiger partial charge in [-0.15, -0.1) is 0 Å². The van der Waals surface area contributed by atoms with Crippen molar-refractivity contribution < 1.29 is 22.8 Å². The number of hydrogen-bond acceptors (Lipinski definition) is 2. The molecule has 1 saturated heterocycles. The van der Waals surface area contributed by atoms with Crippen molar-refractivity contribution in [1.29, 1.82) is 0 Å². The van der Waals surface area contributed by atoms with Crippen LogP contribution in [0.4, 0.5) is 18.9 Å². The summed E-state index contributed by atoms with van der Waals surface area (Å²) in [6.45, 7) is 0.760. The monoisotopic (exact) mass is 452 g/mol. The predicted octanol–water partition coefficient (Wildman–Crippen LogP) is 5.86. The second kappa shape index (κ2) is 9.48. The number of nitrogens with zero attached hydrogens (tertiary/aromatic N) is 1. The molecular formula is C26H23F3N2O2. The first-order chi connectivity index (χ1) is 15.8. The van der Waals surface area contributed by atoms with Crippen molar-refractivity contribution in [2.75, 3.05) is 18.4 Å². The van der Waals surface area contributed by atoms with Crippen LogP contribution >= 0.6 is 0 Å². The van der Waals surface area contributed by atoms with Gasteiger partial charge in [0.25, 0.3) is 5.91 Å². The van der Waals surface area contributed by atoms with Crippen LogP contribution in [0.3, 0.4) is 0 Å². The van der Waals surface area contributed by atoms with E-state index in [1.165, 1.54) is 12.1 Å². The van der Waals surface area contributed by atoms with Gasteiger partial charge in [-0.05, 0) is 60.4 Å². The molecule has 0 aromatic heterocycles. The summed E-state index contributed by atoms with van der Waals surface area (Å²) in [5.74, 6) is -0.640. The fraction of sp³-hybridized carbons (Fsp3) is 0.231. The van der Waals surface area contributed by atoms with Crippen molar-refractivity contribution in [3.8, 4) is 11.1 Å². The van der Waals surface area contributed by atoms with Gasteiger partial charge < -0.3 is 10.2 Å². The molecule has 1 aliphatic rings. The molecule has 4 rings (SSSR count). The topological polar surface area (TPSA) is 49.4 Å². The SMILES string of the molecule is O=C(Nc1ccc(-c2ccccc2)cc1)C1CCN(C(=O)c2ccc(C(F)(F)F)cc2)CC1. The number of nitrogens with one attached hydrogen (secondary N) is 1. The summed E-state index contributed by atoms with van der Waals surface area (Å²) in [6.07, 6.45) is -3.43. The zero-order valence-corrected chi connectivity index (χ0v) is 17.8.